The summed E-state index contributed by atoms with van der Waals surface area (Å²) >= 11 is 0. The molecule has 80 valence electrons. The van der Waals surface area contributed by atoms with E-state index in [4.69, 9.17) is 0 Å². The smallest absolute Gasteiger partial charge is 0.0925 e. The molecule has 0 atom stereocenters. The van der Waals surface area contributed by atoms with Crippen LogP contribution in [-0.2, 0) is 5.41 Å². The van der Waals surface area contributed by atoms with Crippen LogP contribution in [0.5, 0.6) is 0 Å². The highest BCUT2D eigenvalue weighted by Crippen LogP contribution is 2.31. The van der Waals surface area contributed by atoms with Crippen LogP contribution in [0.1, 0.15) is 64.8 Å². The van der Waals surface area contributed by atoms with E-state index in [0.717, 1.165) is 0 Å². The first-order valence-corrected chi connectivity index (χ1v) is 5.52. The van der Waals surface area contributed by atoms with Gasteiger partial charge < -0.3 is 4.98 Å². The second-order valence-corrected chi connectivity index (χ2v) is 4.95. The predicted octanol–water partition coefficient (Wildman–Crippen LogP) is 3.61. The van der Waals surface area contributed by atoms with Gasteiger partial charge in [-0.05, 0) is 12.3 Å². The summed E-state index contributed by atoms with van der Waals surface area (Å²) in [5, 5.41) is 0. The van der Waals surface area contributed by atoms with Crippen molar-refractivity contribution in [3.8, 4) is 0 Å². The van der Waals surface area contributed by atoms with E-state index in [0.29, 0.717) is 5.92 Å². The Morgan fingerprint density at radius 3 is 2.57 bits per heavy atom. The van der Waals surface area contributed by atoms with Crippen molar-refractivity contribution in [3.05, 3.63) is 17.7 Å². The molecular weight excluding hydrogens is 172 g/mol. The molecule has 0 saturated carbocycles. The van der Waals surface area contributed by atoms with Gasteiger partial charge >= 0.3 is 0 Å². The molecule has 0 bridgehead atoms. The molecule has 0 aromatic carbocycles. The van der Waals surface area contributed by atoms with Crippen molar-refractivity contribution >= 4 is 0 Å². The van der Waals surface area contributed by atoms with E-state index in [1.165, 1.54) is 24.2 Å². The van der Waals surface area contributed by atoms with Crippen LogP contribution in [0.3, 0.4) is 0 Å². The standard InChI is InChI=1S/C12H22N2/c1-6-7-12(4,5)11-10(9(2)3)13-8-14-11/h8-9H,6-7H2,1-5H3,(H,13,14). The Morgan fingerprint density at radius 2 is 2.07 bits per heavy atom. The maximum Gasteiger partial charge on any atom is 0.0925 e. The Bertz CT molecular complexity index is 284. The molecule has 0 radical (unpaired) electrons. The molecule has 0 spiro atoms. The number of nitrogens with zero attached hydrogens (tertiary/aromatic N) is 1. The van der Waals surface area contributed by atoms with Crippen LogP contribution >= 0.6 is 0 Å². The van der Waals surface area contributed by atoms with Gasteiger partial charge in [-0.15, -0.1) is 0 Å². The van der Waals surface area contributed by atoms with Gasteiger partial charge in [0.05, 0.1) is 12.0 Å². The summed E-state index contributed by atoms with van der Waals surface area (Å²) in [7, 11) is 0. The third-order valence-electron chi connectivity index (χ3n) is 2.76. The van der Waals surface area contributed by atoms with Gasteiger partial charge in [0.1, 0.15) is 0 Å². The number of rotatable bonds is 4. The van der Waals surface area contributed by atoms with Crippen molar-refractivity contribution in [3.63, 3.8) is 0 Å². The van der Waals surface area contributed by atoms with Crippen LogP contribution in [0.2, 0.25) is 0 Å². The summed E-state index contributed by atoms with van der Waals surface area (Å²) in [6.45, 7) is 11.2. The number of imidazole rings is 1. The van der Waals surface area contributed by atoms with Gasteiger partial charge in [-0.25, -0.2) is 4.98 Å². The van der Waals surface area contributed by atoms with Crippen LogP contribution in [-0.4, -0.2) is 9.97 Å². The number of hydrogen-bond donors (Lipinski definition) is 1. The van der Waals surface area contributed by atoms with Gasteiger partial charge in [-0.1, -0.05) is 41.0 Å². The normalized spacial score (nSPS) is 12.4. The first kappa shape index (κ1) is 11.3. The van der Waals surface area contributed by atoms with E-state index >= 15 is 0 Å². The number of nitrogens with one attached hydrogen (secondary N) is 1. The molecule has 1 heterocycles. The van der Waals surface area contributed by atoms with Crippen molar-refractivity contribution in [1.82, 2.24) is 9.97 Å². The quantitative estimate of drug-likeness (QED) is 0.779. The highest BCUT2D eigenvalue weighted by atomic mass is 14.9. The maximum atomic E-state index is 4.47. The number of aromatic amines is 1. The Labute approximate surface area is 87.1 Å². The molecule has 0 amide bonds. The second-order valence-electron chi connectivity index (χ2n) is 4.95. The average Bonchev–Trinajstić information content (AvgIpc) is 2.51. The van der Waals surface area contributed by atoms with Gasteiger partial charge in [0.25, 0.3) is 0 Å². The molecule has 14 heavy (non-hydrogen) atoms. The Balaban J connectivity index is 2.99. The lowest BCUT2D eigenvalue weighted by Crippen LogP contribution is -2.19. The van der Waals surface area contributed by atoms with Gasteiger partial charge in [0, 0.05) is 11.1 Å². The molecule has 1 aromatic rings. The van der Waals surface area contributed by atoms with E-state index in [1.807, 2.05) is 6.33 Å². The van der Waals surface area contributed by atoms with Crippen LogP contribution in [0.25, 0.3) is 0 Å². The molecule has 0 unspecified atom stereocenters. The monoisotopic (exact) mass is 194 g/mol. The lowest BCUT2D eigenvalue weighted by Gasteiger charge is -2.24. The van der Waals surface area contributed by atoms with E-state index < -0.39 is 0 Å². The third-order valence-corrected chi connectivity index (χ3v) is 2.76. The Hall–Kier alpha value is -0.790. The lowest BCUT2D eigenvalue weighted by atomic mass is 9.82. The summed E-state index contributed by atoms with van der Waals surface area (Å²) in [6, 6.07) is 0. The zero-order valence-electron chi connectivity index (χ0n) is 10.0. The fourth-order valence-corrected chi connectivity index (χ4v) is 2.03. The molecule has 2 heteroatoms. The van der Waals surface area contributed by atoms with Gasteiger partial charge in [-0.3, -0.25) is 0 Å². The lowest BCUT2D eigenvalue weighted by molar-refractivity contribution is 0.454. The van der Waals surface area contributed by atoms with Crippen LogP contribution in [0.4, 0.5) is 0 Å². The first-order valence-electron chi connectivity index (χ1n) is 5.52. The maximum absolute atomic E-state index is 4.47. The fraction of sp³-hybridized carbons (Fsp3) is 0.750. The minimum atomic E-state index is 0.203. The fourth-order valence-electron chi connectivity index (χ4n) is 2.03. The first-order chi connectivity index (χ1) is 6.49. The van der Waals surface area contributed by atoms with E-state index in [-0.39, 0.29) is 5.41 Å². The minimum Gasteiger partial charge on any atom is -0.348 e. The van der Waals surface area contributed by atoms with E-state index in [9.17, 15) is 0 Å². The molecule has 0 aliphatic heterocycles. The molecule has 1 rings (SSSR count). The summed E-state index contributed by atoms with van der Waals surface area (Å²) < 4.78 is 0. The Morgan fingerprint density at radius 1 is 1.43 bits per heavy atom. The van der Waals surface area contributed by atoms with Crippen LogP contribution < -0.4 is 0 Å². The number of H-pyrrole nitrogens is 1. The van der Waals surface area contributed by atoms with Gasteiger partial charge in [-0.2, -0.15) is 0 Å². The van der Waals surface area contributed by atoms with Crippen LogP contribution in [0, 0.1) is 0 Å². The zero-order valence-corrected chi connectivity index (χ0v) is 10.0. The summed E-state index contributed by atoms with van der Waals surface area (Å²) in [5.41, 5.74) is 2.74. The van der Waals surface area contributed by atoms with Crippen molar-refractivity contribution in [2.24, 2.45) is 0 Å². The van der Waals surface area contributed by atoms with Crippen molar-refractivity contribution in [1.29, 1.82) is 0 Å². The van der Waals surface area contributed by atoms with Crippen molar-refractivity contribution in [2.75, 3.05) is 0 Å². The second kappa shape index (κ2) is 4.16. The summed E-state index contributed by atoms with van der Waals surface area (Å²) in [6.07, 6.45) is 4.22. The highest BCUT2D eigenvalue weighted by Gasteiger charge is 2.26. The average molecular weight is 194 g/mol. The zero-order chi connectivity index (χ0) is 10.8. The summed E-state index contributed by atoms with van der Waals surface area (Å²) in [5.74, 6) is 0.531. The largest absolute Gasteiger partial charge is 0.348 e. The molecule has 0 aliphatic rings. The predicted molar refractivity (Wildman–Crippen MR) is 60.6 cm³/mol. The van der Waals surface area contributed by atoms with Gasteiger partial charge in [0.15, 0.2) is 0 Å². The molecular formula is C12H22N2. The molecule has 0 saturated heterocycles. The Kier molecular flexibility index (Phi) is 3.35. The van der Waals surface area contributed by atoms with E-state index in [1.54, 1.807) is 0 Å². The molecule has 0 fully saturated rings. The van der Waals surface area contributed by atoms with Crippen molar-refractivity contribution in [2.45, 2.75) is 58.8 Å². The van der Waals surface area contributed by atoms with Crippen molar-refractivity contribution < 1.29 is 0 Å². The van der Waals surface area contributed by atoms with Gasteiger partial charge in [0.2, 0.25) is 0 Å². The summed E-state index contributed by atoms with van der Waals surface area (Å²) in [4.78, 5) is 7.73. The van der Waals surface area contributed by atoms with Crippen LogP contribution in [0.15, 0.2) is 6.33 Å². The highest BCUT2D eigenvalue weighted by molar-refractivity contribution is 5.23. The topological polar surface area (TPSA) is 28.7 Å². The molecule has 0 aliphatic carbocycles. The molecule has 1 aromatic heterocycles. The van der Waals surface area contributed by atoms with E-state index in [2.05, 4.69) is 44.6 Å². The number of hydrogen-bond acceptors (Lipinski definition) is 1. The molecule has 1 N–H and O–H groups in total. The third kappa shape index (κ3) is 2.17. The molecule has 2 nitrogen and oxygen atoms in total. The number of aromatic nitrogens is 2. The SMILES string of the molecule is CCCC(C)(C)c1nc[nH]c1C(C)C. The minimum absolute atomic E-state index is 0.203.